The number of benzene rings is 1. The van der Waals surface area contributed by atoms with E-state index >= 15 is 0 Å². The van der Waals surface area contributed by atoms with Crippen LogP contribution in [0.3, 0.4) is 0 Å². The zero-order valence-electron chi connectivity index (χ0n) is 11.5. The number of aliphatic carboxylic acids is 1. The van der Waals surface area contributed by atoms with E-state index in [0.717, 1.165) is 33.3 Å². The van der Waals surface area contributed by atoms with Crippen molar-refractivity contribution in [2.24, 2.45) is 0 Å². The lowest BCUT2D eigenvalue weighted by Crippen LogP contribution is -2.29. The Morgan fingerprint density at radius 3 is 2.28 bits per heavy atom. The molecule has 0 saturated heterocycles. The van der Waals surface area contributed by atoms with Crippen LogP contribution in [0.25, 0.3) is 10.9 Å². The van der Waals surface area contributed by atoms with Gasteiger partial charge >= 0.3 is 5.97 Å². The average Bonchev–Trinajstić information content (AvgIpc) is 2.62. The van der Waals surface area contributed by atoms with E-state index in [0.29, 0.717) is 0 Å². The quantitative estimate of drug-likeness (QED) is 0.851. The molecular formula is C15H19NO2. The highest BCUT2D eigenvalue weighted by Crippen LogP contribution is 2.36. The monoisotopic (exact) mass is 245 g/mol. The number of nitrogens with one attached hydrogen (secondary N) is 1. The summed E-state index contributed by atoms with van der Waals surface area (Å²) in [5.74, 6) is -0.799. The summed E-state index contributed by atoms with van der Waals surface area (Å²) in [6, 6.07) is 4.11. The molecule has 0 aliphatic rings. The summed E-state index contributed by atoms with van der Waals surface area (Å²) in [4.78, 5) is 14.8. The van der Waals surface area contributed by atoms with E-state index in [1.165, 1.54) is 0 Å². The molecule has 1 aromatic carbocycles. The van der Waals surface area contributed by atoms with E-state index in [2.05, 4.69) is 11.1 Å². The second-order valence-corrected chi connectivity index (χ2v) is 5.50. The van der Waals surface area contributed by atoms with Crippen molar-refractivity contribution >= 4 is 16.9 Å². The third-order valence-corrected chi connectivity index (χ3v) is 3.72. The molecule has 3 nitrogen and oxygen atoms in total. The summed E-state index contributed by atoms with van der Waals surface area (Å²) in [6.07, 6.45) is 0. The Balaban J connectivity index is 2.92. The molecule has 18 heavy (non-hydrogen) atoms. The Morgan fingerprint density at radius 1 is 1.17 bits per heavy atom. The molecule has 0 fully saturated rings. The minimum Gasteiger partial charge on any atom is -0.481 e. The molecule has 96 valence electrons. The Labute approximate surface area is 107 Å². The van der Waals surface area contributed by atoms with Crippen molar-refractivity contribution in [3.63, 3.8) is 0 Å². The Kier molecular flexibility index (Phi) is 2.73. The zero-order chi connectivity index (χ0) is 13.7. The molecule has 0 bridgehead atoms. The lowest BCUT2D eigenvalue weighted by atomic mass is 9.82. The Hall–Kier alpha value is -1.77. The van der Waals surface area contributed by atoms with Gasteiger partial charge in [0.05, 0.1) is 5.41 Å². The molecule has 0 amide bonds. The van der Waals surface area contributed by atoms with E-state index in [4.69, 9.17) is 0 Å². The van der Waals surface area contributed by atoms with Gasteiger partial charge in [-0.1, -0.05) is 12.1 Å². The number of aromatic amines is 1. The maximum absolute atomic E-state index is 11.5. The SMILES string of the molecule is Cc1[nH]c2c(C)ccc(C)c2c1C(C)(C)C(=O)O. The van der Waals surface area contributed by atoms with Gasteiger partial charge < -0.3 is 10.1 Å². The van der Waals surface area contributed by atoms with Crippen molar-refractivity contribution in [2.75, 3.05) is 0 Å². The van der Waals surface area contributed by atoms with Crippen LogP contribution >= 0.6 is 0 Å². The molecule has 0 saturated carbocycles. The fraction of sp³-hybridized carbons (Fsp3) is 0.400. The van der Waals surface area contributed by atoms with Crippen LogP contribution in [0.4, 0.5) is 0 Å². The van der Waals surface area contributed by atoms with Gasteiger partial charge in [-0.05, 0) is 51.3 Å². The standard InChI is InChI=1S/C15H19NO2/c1-8-6-7-9(2)13-11(8)12(10(3)16-13)15(4,5)14(17)18/h6-7,16H,1-5H3,(H,17,18). The van der Waals surface area contributed by atoms with Gasteiger partial charge in [0.15, 0.2) is 0 Å². The number of hydrogen-bond donors (Lipinski definition) is 2. The van der Waals surface area contributed by atoms with Gasteiger partial charge in [-0.2, -0.15) is 0 Å². The van der Waals surface area contributed by atoms with E-state index in [1.54, 1.807) is 13.8 Å². The average molecular weight is 245 g/mol. The first-order valence-corrected chi connectivity index (χ1v) is 6.09. The number of carboxylic acids is 1. The third-order valence-electron chi connectivity index (χ3n) is 3.72. The van der Waals surface area contributed by atoms with Crippen LogP contribution in [0.1, 0.15) is 36.2 Å². The number of rotatable bonds is 2. The highest BCUT2D eigenvalue weighted by atomic mass is 16.4. The van der Waals surface area contributed by atoms with Crippen molar-refractivity contribution in [2.45, 2.75) is 40.0 Å². The summed E-state index contributed by atoms with van der Waals surface area (Å²) < 4.78 is 0. The van der Waals surface area contributed by atoms with Gasteiger partial charge in [-0.25, -0.2) is 0 Å². The predicted molar refractivity (Wildman–Crippen MR) is 73.2 cm³/mol. The number of carboxylic acid groups (broad SMARTS) is 1. The lowest BCUT2D eigenvalue weighted by Gasteiger charge is -2.20. The highest BCUT2D eigenvalue weighted by molar-refractivity contribution is 5.96. The summed E-state index contributed by atoms with van der Waals surface area (Å²) >= 11 is 0. The minimum absolute atomic E-state index is 0.799. The van der Waals surface area contributed by atoms with E-state index in [-0.39, 0.29) is 0 Å². The number of fused-ring (bicyclic) bond motifs is 1. The third kappa shape index (κ3) is 1.62. The normalized spacial score (nSPS) is 12.1. The molecule has 0 aliphatic heterocycles. The number of hydrogen-bond acceptors (Lipinski definition) is 1. The minimum atomic E-state index is -0.888. The maximum atomic E-state index is 11.5. The summed E-state index contributed by atoms with van der Waals surface area (Å²) in [5.41, 5.74) is 4.26. The Morgan fingerprint density at radius 2 is 1.72 bits per heavy atom. The number of carbonyl (C=O) groups is 1. The summed E-state index contributed by atoms with van der Waals surface area (Å²) in [6.45, 7) is 9.52. The molecule has 1 heterocycles. The van der Waals surface area contributed by atoms with Crippen LogP contribution in [-0.2, 0) is 10.2 Å². The molecule has 0 unspecified atom stereocenters. The molecule has 1 aromatic heterocycles. The molecule has 0 aliphatic carbocycles. The molecule has 0 spiro atoms. The number of aromatic nitrogens is 1. The van der Waals surface area contributed by atoms with Crippen molar-refractivity contribution in [3.05, 3.63) is 34.5 Å². The molecule has 2 aromatic rings. The van der Waals surface area contributed by atoms with Crippen molar-refractivity contribution in [1.29, 1.82) is 0 Å². The topological polar surface area (TPSA) is 53.1 Å². The van der Waals surface area contributed by atoms with Crippen molar-refractivity contribution < 1.29 is 9.90 Å². The van der Waals surface area contributed by atoms with Crippen LogP contribution < -0.4 is 0 Å². The molecule has 3 heteroatoms. The fourth-order valence-electron chi connectivity index (χ4n) is 2.62. The van der Waals surface area contributed by atoms with Crippen molar-refractivity contribution in [1.82, 2.24) is 4.98 Å². The van der Waals surface area contributed by atoms with Crippen LogP contribution in [0.5, 0.6) is 0 Å². The van der Waals surface area contributed by atoms with Gasteiger partial charge in [-0.3, -0.25) is 4.79 Å². The second kappa shape index (κ2) is 3.87. The Bertz CT molecular complexity index is 635. The lowest BCUT2D eigenvalue weighted by molar-refractivity contribution is -0.142. The first kappa shape index (κ1) is 12.7. The van der Waals surface area contributed by atoms with Crippen molar-refractivity contribution in [3.8, 4) is 0 Å². The largest absolute Gasteiger partial charge is 0.481 e. The number of aryl methyl sites for hydroxylation is 3. The van der Waals surface area contributed by atoms with Crippen LogP contribution in [0, 0.1) is 20.8 Å². The number of H-pyrrole nitrogens is 1. The van der Waals surface area contributed by atoms with Gasteiger partial charge in [-0.15, -0.1) is 0 Å². The van der Waals surface area contributed by atoms with E-state index < -0.39 is 11.4 Å². The summed E-state index contributed by atoms with van der Waals surface area (Å²) in [5, 5.41) is 10.5. The molecular weight excluding hydrogens is 226 g/mol. The first-order chi connectivity index (χ1) is 8.26. The molecule has 2 rings (SSSR count). The molecule has 0 radical (unpaired) electrons. The maximum Gasteiger partial charge on any atom is 0.313 e. The van der Waals surface area contributed by atoms with Gasteiger partial charge in [0, 0.05) is 16.6 Å². The highest BCUT2D eigenvalue weighted by Gasteiger charge is 2.34. The smallest absolute Gasteiger partial charge is 0.313 e. The second-order valence-electron chi connectivity index (χ2n) is 5.50. The molecule has 0 atom stereocenters. The van der Waals surface area contributed by atoms with Gasteiger partial charge in [0.2, 0.25) is 0 Å². The van der Waals surface area contributed by atoms with Gasteiger partial charge in [0.25, 0.3) is 0 Å². The first-order valence-electron chi connectivity index (χ1n) is 6.09. The zero-order valence-corrected chi connectivity index (χ0v) is 11.5. The van der Waals surface area contributed by atoms with Gasteiger partial charge in [0.1, 0.15) is 0 Å². The summed E-state index contributed by atoms with van der Waals surface area (Å²) in [7, 11) is 0. The van der Waals surface area contributed by atoms with Crippen LogP contribution in [0.15, 0.2) is 12.1 Å². The predicted octanol–water partition coefficient (Wildman–Crippen LogP) is 3.46. The van der Waals surface area contributed by atoms with E-state index in [9.17, 15) is 9.90 Å². The fourth-order valence-corrected chi connectivity index (χ4v) is 2.62. The van der Waals surface area contributed by atoms with Crippen LogP contribution in [0.2, 0.25) is 0 Å². The molecule has 2 N–H and O–H groups in total. The van der Waals surface area contributed by atoms with E-state index in [1.807, 2.05) is 26.8 Å². The van der Waals surface area contributed by atoms with Crippen LogP contribution in [-0.4, -0.2) is 16.1 Å².